The van der Waals surface area contributed by atoms with Crippen molar-refractivity contribution < 1.29 is 4.79 Å². The third-order valence-electron chi connectivity index (χ3n) is 4.00. The SMILES string of the molecule is CC(C)Cc1ccc(-c2csc(NC(=O)/C=C/c3ccc(Cl)c(Cl)c3)n2)cc1. The van der Waals surface area contributed by atoms with Crippen LogP contribution in [-0.4, -0.2) is 10.9 Å². The lowest BCUT2D eigenvalue weighted by atomic mass is 10.0. The van der Waals surface area contributed by atoms with Crippen LogP contribution < -0.4 is 5.32 Å². The summed E-state index contributed by atoms with van der Waals surface area (Å²) in [6, 6.07) is 13.6. The van der Waals surface area contributed by atoms with Crippen LogP contribution in [0, 0.1) is 5.92 Å². The fraction of sp³-hybridized carbons (Fsp3) is 0.182. The number of hydrogen-bond donors (Lipinski definition) is 1. The maximum Gasteiger partial charge on any atom is 0.250 e. The second-order valence-corrected chi connectivity index (χ2v) is 8.50. The van der Waals surface area contributed by atoms with Gasteiger partial charge in [-0.05, 0) is 41.7 Å². The standard InChI is InChI=1S/C22H20Cl2N2OS/c1-14(2)11-15-3-7-17(8-4-15)20-13-28-22(25-20)26-21(27)10-6-16-5-9-18(23)19(24)12-16/h3-10,12-14H,11H2,1-2H3,(H,25,26,27)/b10-6+. The molecule has 0 aliphatic heterocycles. The van der Waals surface area contributed by atoms with Gasteiger partial charge in [0.2, 0.25) is 5.91 Å². The number of halogens is 2. The highest BCUT2D eigenvalue weighted by Crippen LogP contribution is 2.26. The summed E-state index contributed by atoms with van der Waals surface area (Å²) in [7, 11) is 0. The van der Waals surface area contributed by atoms with Gasteiger partial charge in [0, 0.05) is 17.0 Å². The van der Waals surface area contributed by atoms with Crippen molar-refractivity contribution in [1.82, 2.24) is 4.98 Å². The molecule has 0 atom stereocenters. The highest BCUT2D eigenvalue weighted by molar-refractivity contribution is 7.14. The summed E-state index contributed by atoms with van der Waals surface area (Å²) in [6.07, 6.45) is 4.19. The lowest BCUT2D eigenvalue weighted by molar-refractivity contribution is -0.111. The van der Waals surface area contributed by atoms with Crippen molar-refractivity contribution >= 4 is 51.7 Å². The topological polar surface area (TPSA) is 42.0 Å². The first-order valence-electron chi connectivity index (χ1n) is 8.89. The van der Waals surface area contributed by atoms with E-state index in [4.69, 9.17) is 23.2 Å². The van der Waals surface area contributed by atoms with Crippen molar-refractivity contribution in [2.75, 3.05) is 5.32 Å². The Morgan fingerprint density at radius 2 is 1.89 bits per heavy atom. The highest BCUT2D eigenvalue weighted by Gasteiger charge is 2.07. The summed E-state index contributed by atoms with van der Waals surface area (Å²) < 4.78 is 0. The predicted molar refractivity (Wildman–Crippen MR) is 120 cm³/mol. The molecule has 3 nitrogen and oxygen atoms in total. The average molecular weight is 431 g/mol. The molecule has 0 bridgehead atoms. The number of thiazole rings is 1. The average Bonchev–Trinajstić information content (AvgIpc) is 3.11. The summed E-state index contributed by atoms with van der Waals surface area (Å²) in [6.45, 7) is 4.42. The summed E-state index contributed by atoms with van der Waals surface area (Å²) in [5, 5.41) is 6.22. The molecule has 1 heterocycles. The van der Waals surface area contributed by atoms with Gasteiger partial charge in [0.15, 0.2) is 5.13 Å². The number of aromatic nitrogens is 1. The van der Waals surface area contributed by atoms with Crippen molar-refractivity contribution in [3.8, 4) is 11.3 Å². The van der Waals surface area contributed by atoms with Crippen LogP contribution >= 0.6 is 34.5 Å². The van der Waals surface area contributed by atoms with E-state index in [1.165, 1.54) is 23.0 Å². The molecule has 28 heavy (non-hydrogen) atoms. The van der Waals surface area contributed by atoms with Crippen molar-refractivity contribution in [3.05, 3.63) is 75.1 Å². The highest BCUT2D eigenvalue weighted by atomic mass is 35.5. The molecule has 2 aromatic carbocycles. The summed E-state index contributed by atoms with van der Waals surface area (Å²) >= 11 is 13.3. The van der Waals surface area contributed by atoms with Gasteiger partial charge in [-0.25, -0.2) is 4.98 Å². The number of rotatable bonds is 6. The summed E-state index contributed by atoms with van der Waals surface area (Å²) in [5.41, 5.74) is 4.00. The number of amides is 1. The number of anilines is 1. The van der Waals surface area contributed by atoms with Crippen LogP contribution in [0.15, 0.2) is 53.9 Å². The van der Waals surface area contributed by atoms with Gasteiger partial charge in [0.25, 0.3) is 0 Å². The number of nitrogens with one attached hydrogen (secondary N) is 1. The Morgan fingerprint density at radius 3 is 2.57 bits per heavy atom. The van der Waals surface area contributed by atoms with Crippen LogP contribution in [0.2, 0.25) is 10.0 Å². The van der Waals surface area contributed by atoms with Crippen LogP contribution in [-0.2, 0) is 11.2 Å². The quantitative estimate of drug-likeness (QED) is 0.429. The molecule has 0 spiro atoms. The maximum atomic E-state index is 12.1. The normalized spacial score (nSPS) is 11.3. The Kier molecular flexibility index (Phi) is 6.89. The summed E-state index contributed by atoms with van der Waals surface area (Å²) in [4.78, 5) is 16.6. The van der Waals surface area contributed by atoms with Gasteiger partial charge in [-0.2, -0.15) is 0 Å². The lowest BCUT2D eigenvalue weighted by Gasteiger charge is -2.05. The molecule has 0 fully saturated rings. The molecule has 1 amide bonds. The maximum absolute atomic E-state index is 12.1. The van der Waals surface area contributed by atoms with Crippen LogP contribution in [0.25, 0.3) is 17.3 Å². The Balaban J connectivity index is 1.62. The Labute approximate surface area is 179 Å². The van der Waals surface area contributed by atoms with Gasteiger partial charge in [0.1, 0.15) is 0 Å². The van der Waals surface area contributed by atoms with E-state index in [2.05, 4.69) is 48.4 Å². The molecular weight excluding hydrogens is 411 g/mol. The molecule has 0 saturated carbocycles. The minimum Gasteiger partial charge on any atom is -0.298 e. The minimum atomic E-state index is -0.251. The van der Waals surface area contributed by atoms with Crippen molar-refractivity contribution in [2.24, 2.45) is 5.92 Å². The largest absolute Gasteiger partial charge is 0.298 e. The molecule has 144 valence electrons. The van der Waals surface area contributed by atoms with Crippen LogP contribution in [0.5, 0.6) is 0 Å². The van der Waals surface area contributed by atoms with Crippen molar-refractivity contribution in [3.63, 3.8) is 0 Å². The molecule has 0 aliphatic rings. The molecule has 1 aromatic heterocycles. The molecule has 0 unspecified atom stereocenters. The van der Waals surface area contributed by atoms with Crippen LogP contribution in [0.4, 0.5) is 5.13 Å². The third kappa shape index (κ3) is 5.68. The van der Waals surface area contributed by atoms with E-state index in [-0.39, 0.29) is 5.91 Å². The fourth-order valence-electron chi connectivity index (χ4n) is 2.68. The summed E-state index contributed by atoms with van der Waals surface area (Å²) in [5.74, 6) is 0.378. The van der Waals surface area contributed by atoms with Crippen molar-refractivity contribution in [1.29, 1.82) is 0 Å². The number of hydrogen-bond acceptors (Lipinski definition) is 3. The first kappa shape index (κ1) is 20.6. The van der Waals surface area contributed by atoms with E-state index >= 15 is 0 Å². The van der Waals surface area contributed by atoms with Crippen molar-refractivity contribution in [2.45, 2.75) is 20.3 Å². The molecule has 0 radical (unpaired) electrons. The zero-order valence-corrected chi connectivity index (χ0v) is 17.9. The van der Waals surface area contributed by atoms with E-state index in [9.17, 15) is 4.79 Å². The number of nitrogens with zero attached hydrogens (tertiary/aromatic N) is 1. The monoisotopic (exact) mass is 430 g/mol. The van der Waals surface area contributed by atoms with Crippen LogP contribution in [0.1, 0.15) is 25.0 Å². The van der Waals surface area contributed by atoms with E-state index in [0.717, 1.165) is 23.2 Å². The Hall–Kier alpha value is -2.14. The number of carbonyl (C=O) groups excluding carboxylic acids is 1. The Bertz CT molecular complexity index is 994. The van der Waals surface area contributed by atoms with Gasteiger partial charge in [-0.1, -0.05) is 67.4 Å². The van der Waals surface area contributed by atoms with E-state index in [1.54, 1.807) is 24.3 Å². The number of carbonyl (C=O) groups is 1. The second-order valence-electron chi connectivity index (χ2n) is 6.83. The van der Waals surface area contributed by atoms with Gasteiger partial charge in [0.05, 0.1) is 15.7 Å². The zero-order chi connectivity index (χ0) is 20.1. The van der Waals surface area contributed by atoms with Gasteiger partial charge in [-0.3, -0.25) is 10.1 Å². The third-order valence-corrected chi connectivity index (χ3v) is 5.50. The van der Waals surface area contributed by atoms with E-state index in [0.29, 0.717) is 21.1 Å². The molecule has 0 aliphatic carbocycles. The predicted octanol–water partition coefficient (Wildman–Crippen LogP) is 6.97. The van der Waals surface area contributed by atoms with Gasteiger partial charge < -0.3 is 0 Å². The van der Waals surface area contributed by atoms with Gasteiger partial charge >= 0.3 is 0 Å². The molecule has 3 rings (SSSR count). The first-order valence-corrected chi connectivity index (χ1v) is 10.5. The Morgan fingerprint density at radius 1 is 1.14 bits per heavy atom. The van der Waals surface area contributed by atoms with E-state index in [1.807, 2.05) is 5.38 Å². The lowest BCUT2D eigenvalue weighted by Crippen LogP contribution is -2.07. The van der Waals surface area contributed by atoms with E-state index < -0.39 is 0 Å². The second kappa shape index (κ2) is 9.37. The molecule has 6 heteroatoms. The van der Waals surface area contributed by atoms with Gasteiger partial charge in [-0.15, -0.1) is 11.3 Å². The van der Waals surface area contributed by atoms with Crippen LogP contribution in [0.3, 0.4) is 0 Å². The fourth-order valence-corrected chi connectivity index (χ4v) is 3.71. The molecular formula is C22H20Cl2N2OS. The molecule has 1 N–H and O–H groups in total. The zero-order valence-electron chi connectivity index (χ0n) is 15.6. The number of benzene rings is 2. The smallest absolute Gasteiger partial charge is 0.250 e. The molecule has 3 aromatic rings. The minimum absolute atomic E-state index is 0.251. The molecule has 0 saturated heterocycles. The first-order chi connectivity index (χ1) is 13.4.